The number of ether oxygens (including phenoxy) is 3. The maximum atomic E-state index is 14.2. The van der Waals surface area contributed by atoms with E-state index in [1.165, 1.54) is 30.8 Å². The van der Waals surface area contributed by atoms with Crippen LogP contribution in [0.5, 0.6) is 11.5 Å². The summed E-state index contributed by atoms with van der Waals surface area (Å²) in [6, 6.07) is 19.6. The molecule has 1 unspecified atom stereocenters. The Labute approximate surface area is 493 Å². The van der Waals surface area contributed by atoms with E-state index < -0.39 is 65.8 Å². The number of likely N-dealkylation sites (N-methyl/N-ethyl adjacent to an activating group) is 2. The van der Waals surface area contributed by atoms with Crippen LogP contribution in [0.4, 0.5) is 21.0 Å². The summed E-state index contributed by atoms with van der Waals surface area (Å²) in [5, 5.41) is 24.2. The highest BCUT2D eigenvalue weighted by molar-refractivity contribution is 6.19. The number of hydrogen-bond acceptors (Lipinski definition) is 14. The number of carboxylic acids is 1. The number of carboxylic acid groups (broad SMARTS) is 1. The van der Waals surface area contributed by atoms with E-state index in [1.807, 2.05) is 77.0 Å². The molecular formula is C60H76ClN9O14. The number of rotatable bonds is 28. The van der Waals surface area contributed by atoms with Crippen molar-refractivity contribution in [2.24, 2.45) is 11.8 Å². The Morgan fingerprint density at radius 2 is 1.38 bits per heavy atom. The molecule has 0 fully saturated rings. The van der Waals surface area contributed by atoms with E-state index in [1.54, 1.807) is 53.4 Å². The van der Waals surface area contributed by atoms with Crippen LogP contribution in [0, 0.1) is 11.8 Å². The molecule has 5 aromatic rings. The molecule has 1 aliphatic rings. The molecule has 2 heterocycles. The van der Waals surface area contributed by atoms with Gasteiger partial charge < -0.3 is 65.0 Å². The zero-order valence-corrected chi connectivity index (χ0v) is 49.6. The van der Waals surface area contributed by atoms with Crippen LogP contribution >= 0.6 is 11.6 Å². The van der Waals surface area contributed by atoms with Crippen LogP contribution in [0.2, 0.25) is 0 Å². The predicted octanol–water partition coefficient (Wildman–Crippen LogP) is 7.04. The van der Waals surface area contributed by atoms with Crippen molar-refractivity contribution in [3.05, 3.63) is 95.7 Å². The van der Waals surface area contributed by atoms with Gasteiger partial charge in [-0.05, 0) is 98.6 Å². The Kier molecular flexibility index (Phi) is 23.3. The molecule has 0 bridgehead atoms. The molecule has 23 nitrogen and oxygen atoms in total. The van der Waals surface area contributed by atoms with Gasteiger partial charge in [0.15, 0.2) is 5.76 Å². The van der Waals surface area contributed by atoms with Crippen LogP contribution < -0.4 is 41.0 Å². The van der Waals surface area contributed by atoms with Crippen molar-refractivity contribution in [2.45, 2.75) is 97.4 Å². The minimum absolute atomic E-state index is 0.0174. The van der Waals surface area contributed by atoms with Gasteiger partial charge in [-0.15, -0.1) is 11.6 Å². The molecule has 1 aromatic heterocycles. The predicted molar refractivity (Wildman–Crippen MR) is 316 cm³/mol. The van der Waals surface area contributed by atoms with Crippen molar-refractivity contribution < 1.29 is 66.9 Å². The van der Waals surface area contributed by atoms with Crippen LogP contribution in [0.1, 0.15) is 94.3 Å². The summed E-state index contributed by atoms with van der Waals surface area (Å²) in [6.07, 6.45) is -1.59. The first-order valence-electron chi connectivity index (χ1n) is 27.7. The lowest BCUT2D eigenvalue weighted by atomic mass is 9.95. The van der Waals surface area contributed by atoms with Gasteiger partial charge in [-0.2, -0.15) is 0 Å². The Morgan fingerprint density at radius 3 is 2.02 bits per heavy atom. The third-order valence-corrected chi connectivity index (χ3v) is 14.0. The Hall–Kier alpha value is -8.44. The highest BCUT2D eigenvalue weighted by Crippen LogP contribution is 2.46. The lowest BCUT2D eigenvalue weighted by Crippen LogP contribution is -2.55. The molecule has 0 saturated carbocycles. The van der Waals surface area contributed by atoms with Crippen LogP contribution in [-0.4, -0.2) is 159 Å². The topological polar surface area (TPSA) is 288 Å². The number of fused-ring (bicyclic) bond motifs is 4. The van der Waals surface area contributed by atoms with Gasteiger partial charge >= 0.3 is 18.2 Å². The molecule has 4 atom stereocenters. The number of nitrogens with one attached hydrogen (secondary N) is 5. The number of aliphatic carboxylic acids is 1. The van der Waals surface area contributed by atoms with E-state index in [9.17, 15) is 43.2 Å². The number of hydrogen-bond donors (Lipinski definition) is 6. The number of nitrogens with zero attached hydrogens (tertiary/aromatic N) is 4. The minimum Gasteiger partial charge on any atom is -0.481 e. The fourth-order valence-corrected chi connectivity index (χ4v) is 9.42. The highest BCUT2D eigenvalue weighted by atomic mass is 35.5. The fourth-order valence-electron chi connectivity index (χ4n) is 9.17. The monoisotopic (exact) mass is 1180 g/mol. The smallest absolute Gasteiger partial charge is 0.415 e. The normalized spacial score (nSPS) is 13.9. The minimum atomic E-state index is -1.12. The van der Waals surface area contributed by atoms with E-state index in [0.717, 1.165) is 10.9 Å². The van der Waals surface area contributed by atoms with Gasteiger partial charge in [-0.25, -0.2) is 9.59 Å². The zero-order valence-electron chi connectivity index (χ0n) is 48.9. The number of furan rings is 1. The maximum absolute atomic E-state index is 14.2. The van der Waals surface area contributed by atoms with Gasteiger partial charge in [-0.3, -0.25) is 38.5 Å². The second kappa shape index (κ2) is 30.2. The summed E-state index contributed by atoms with van der Waals surface area (Å²) >= 11 is 6.54. The fraction of sp³-hybridized carbons (Fsp3) is 0.450. The summed E-state index contributed by atoms with van der Waals surface area (Å²) in [5.41, 5.74) is 2.92. The second-order valence-electron chi connectivity index (χ2n) is 21.9. The van der Waals surface area contributed by atoms with E-state index in [0.29, 0.717) is 45.8 Å². The summed E-state index contributed by atoms with van der Waals surface area (Å²) in [5.74, 6) is -3.37. The Morgan fingerprint density at radius 1 is 0.726 bits per heavy atom. The van der Waals surface area contributed by atoms with Gasteiger partial charge in [0.1, 0.15) is 48.5 Å². The summed E-state index contributed by atoms with van der Waals surface area (Å²) < 4.78 is 23.4. The molecule has 6 N–H and O–H groups in total. The average molecular weight is 1180 g/mol. The Balaban J connectivity index is 0.982. The van der Waals surface area contributed by atoms with E-state index in [-0.39, 0.29) is 106 Å². The highest BCUT2D eigenvalue weighted by Gasteiger charge is 2.37. The molecule has 0 saturated heterocycles. The first-order chi connectivity index (χ1) is 39.9. The lowest BCUT2D eigenvalue weighted by molar-refractivity contribution is -0.139. The number of benzene rings is 4. The number of alkyl halides is 1. The van der Waals surface area contributed by atoms with Gasteiger partial charge in [0, 0.05) is 87.4 Å². The number of carbonyl (C=O) groups excluding carboxylic acids is 8. The van der Waals surface area contributed by atoms with Crippen molar-refractivity contribution in [2.75, 3.05) is 77.2 Å². The largest absolute Gasteiger partial charge is 0.481 e. The first kappa shape index (κ1) is 64.7. The van der Waals surface area contributed by atoms with Crippen molar-refractivity contribution in [3.63, 3.8) is 0 Å². The number of halogens is 1. The number of anilines is 2. The van der Waals surface area contributed by atoms with Gasteiger partial charge in [-0.1, -0.05) is 64.1 Å². The third-order valence-electron chi connectivity index (χ3n) is 13.6. The molecule has 0 aliphatic carbocycles. The first-order valence-corrected chi connectivity index (χ1v) is 28.3. The van der Waals surface area contributed by atoms with Crippen molar-refractivity contribution in [1.82, 2.24) is 36.0 Å². The lowest BCUT2D eigenvalue weighted by Gasteiger charge is -2.25. The van der Waals surface area contributed by atoms with E-state index >= 15 is 0 Å². The summed E-state index contributed by atoms with van der Waals surface area (Å²) in [4.78, 5) is 123. The average Bonchev–Trinajstić information content (AvgIpc) is 3.97. The summed E-state index contributed by atoms with van der Waals surface area (Å²) in [6.45, 7) is 9.58. The molecular weight excluding hydrogens is 1110 g/mol. The van der Waals surface area contributed by atoms with Crippen molar-refractivity contribution in [1.29, 1.82) is 0 Å². The maximum Gasteiger partial charge on any atom is 0.415 e. The SMILES string of the molecule is CC(C)C[C@H](NC(=O)CCNC(=O)CCC(=O)O)C(=O)N[C@@H](C)C(=O)N[C@@H](CC(C)C)C(=O)Nc1ccc(COC(=O)N(C)CCN(C)C(=O)Oc2cc3c(c4ccccc24)C(CCl)CN3C(=O)c2cc3cc(OCN(C)C)ccc3o2)cc1. The van der Waals surface area contributed by atoms with Crippen LogP contribution in [0.3, 0.4) is 0 Å². The van der Waals surface area contributed by atoms with Crippen LogP contribution in [-0.2, 0) is 40.1 Å². The molecule has 0 radical (unpaired) electrons. The standard InChI is InChI=1S/C60H76ClN9O14/c1-35(2)26-45(65-52(72)22-23-62-51(71)20-21-53(73)74)56(76)63-37(5)55(75)66-46(27-36(3)4)57(77)64-41-16-14-38(15-17-41)33-81-59(79)68(8)24-25-69(9)60(80)84-49-30-47-54(44-13-11-10-12-43(44)49)40(31-61)32-70(47)58(78)50-29-39-28-42(82-34-67(6)7)18-19-48(39)83-50/h10-19,28-30,35-37,40,45-46H,20-27,31-34H2,1-9H3,(H,62,71)(H,63,76)(H,64,77)(H,65,72)(H,66,75)(H,73,74)/t37-,40?,45-,46-/m0/s1. The molecule has 4 aromatic carbocycles. The molecule has 84 heavy (non-hydrogen) atoms. The van der Waals surface area contributed by atoms with E-state index in [4.69, 9.17) is 35.3 Å². The third kappa shape index (κ3) is 18.3. The number of amides is 8. The quantitative estimate of drug-likeness (QED) is 0.0216. The molecule has 6 rings (SSSR count). The van der Waals surface area contributed by atoms with Gasteiger partial charge in [0.05, 0.1) is 12.1 Å². The van der Waals surface area contributed by atoms with Crippen LogP contribution in [0.25, 0.3) is 21.7 Å². The van der Waals surface area contributed by atoms with Gasteiger partial charge in [0.25, 0.3) is 5.91 Å². The Bertz CT molecular complexity index is 3190. The second-order valence-corrected chi connectivity index (χ2v) is 22.2. The van der Waals surface area contributed by atoms with Crippen molar-refractivity contribution in [3.8, 4) is 11.5 Å². The summed E-state index contributed by atoms with van der Waals surface area (Å²) in [7, 11) is 6.86. The molecule has 1 aliphatic heterocycles. The molecule has 8 amide bonds. The van der Waals surface area contributed by atoms with E-state index in [2.05, 4.69) is 26.6 Å². The van der Waals surface area contributed by atoms with Gasteiger partial charge in [0.2, 0.25) is 29.5 Å². The number of carbonyl (C=O) groups is 9. The van der Waals surface area contributed by atoms with Crippen LogP contribution in [0.15, 0.2) is 83.3 Å². The molecule has 24 heteroatoms. The molecule has 452 valence electrons. The zero-order chi connectivity index (χ0) is 61.4. The molecule has 0 spiro atoms. The van der Waals surface area contributed by atoms with Crippen molar-refractivity contribution >= 4 is 98.3 Å².